The molecule has 3 aliphatic rings. The Balaban J connectivity index is 1.94. The van der Waals surface area contributed by atoms with E-state index in [9.17, 15) is 4.79 Å². The van der Waals surface area contributed by atoms with Crippen molar-refractivity contribution >= 4 is 5.78 Å². The largest absolute Gasteiger partial charge is 0.492 e. The fourth-order valence-electron chi connectivity index (χ4n) is 3.15. The summed E-state index contributed by atoms with van der Waals surface area (Å²) in [5, 5.41) is 0. The van der Waals surface area contributed by atoms with Crippen LogP contribution in [0.1, 0.15) is 32.1 Å². The lowest BCUT2D eigenvalue weighted by Crippen LogP contribution is -2.20. The highest BCUT2D eigenvalue weighted by atomic mass is 16.5. The number of terminal acetylenes is 1. The molecule has 0 aromatic rings. The molecule has 1 saturated carbocycles. The number of fused-ring (bicyclic) bond motifs is 2. The minimum Gasteiger partial charge on any atom is -0.492 e. The lowest BCUT2D eigenvalue weighted by atomic mass is 9.87. The van der Waals surface area contributed by atoms with Gasteiger partial charge in [-0.05, 0) is 19.3 Å². The highest BCUT2D eigenvalue weighted by Crippen LogP contribution is 2.48. The Bertz CT molecular complexity index is 386. The molecule has 0 spiro atoms. The number of hydrogen-bond acceptors (Lipinski definition) is 2. The Kier molecular flexibility index (Phi) is 1.88. The SMILES string of the molecule is C#C[C@H]1CC[C@@H]2C3=C(CCCC3=O)OC21. The molecule has 0 bridgehead atoms. The molecule has 3 atom stereocenters. The maximum absolute atomic E-state index is 11.8. The molecule has 0 radical (unpaired) electrons. The fourth-order valence-corrected chi connectivity index (χ4v) is 3.15. The first-order valence-corrected chi connectivity index (χ1v) is 5.70. The Morgan fingerprint density at radius 2 is 2.20 bits per heavy atom. The highest BCUT2D eigenvalue weighted by Gasteiger charge is 2.47. The zero-order chi connectivity index (χ0) is 10.4. The van der Waals surface area contributed by atoms with E-state index in [4.69, 9.17) is 11.2 Å². The van der Waals surface area contributed by atoms with Crippen LogP contribution in [0.25, 0.3) is 0 Å². The average molecular weight is 202 g/mol. The molecule has 0 saturated heterocycles. The molecule has 1 fully saturated rings. The monoisotopic (exact) mass is 202 g/mol. The van der Waals surface area contributed by atoms with E-state index < -0.39 is 0 Å². The summed E-state index contributed by atoms with van der Waals surface area (Å²) in [6.45, 7) is 0. The van der Waals surface area contributed by atoms with Crippen LogP contribution in [0.5, 0.6) is 0 Å². The first-order valence-electron chi connectivity index (χ1n) is 5.70. The minimum absolute atomic E-state index is 0.113. The van der Waals surface area contributed by atoms with E-state index >= 15 is 0 Å². The molecule has 2 heteroatoms. The van der Waals surface area contributed by atoms with Crippen LogP contribution in [0.2, 0.25) is 0 Å². The van der Waals surface area contributed by atoms with E-state index in [1.165, 1.54) is 0 Å². The topological polar surface area (TPSA) is 26.3 Å². The Morgan fingerprint density at radius 1 is 1.33 bits per heavy atom. The van der Waals surface area contributed by atoms with Crippen molar-refractivity contribution in [3.63, 3.8) is 0 Å². The molecular formula is C13H14O2. The van der Waals surface area contributed by atoms with E-state index in [0.717, 1.165) is 37.0 Å². The van der Waals surface area contributed by atoms with Gasteiger partial charge in [0.1, 0.15) is 11.9 Å². The first-order chi connectivity index (χ1) is 7.31. The molecule has 1 aliphatic heterocycles. The van der Waals surface area contributed by atoms with Gasteiger partial charge in [-0.3, -0.25) is 4.79 Å². The second-order valence-corrected chi connectivity index (χ2v) is 4.65. The van der Waals surface area contributed by atoms with Gasteiger partial charge in [-0.1, -0.05) is 5.92 Å². The van der Waals surface area contributed by atoms with E-state index in [1.807, 2.05) is 0 Å². The molecule has 0 N–H and O–H groups in total. The molecular weight excluding hydrogens is 188 g/mol. The number of hydrogen-bond donors (Lipinski definition) is 0. The summed E-state index contributed by atoms with van der Waals surface area (Å²) < 4.78 is 5.88. The average Bonchev–Trinajstić information content (AvgIpc) is 2.75. The van der Waals surface area contributed by atoms with Crippen LogP contribution in [0.3, 0.4) is 0 Å². The Hall–Kier alpha value is -1.23. The van der Waals surface area contributed by atoms with Gasteiger partial charge in [0.25, 0.3) is 0 Å². The molecule has 78 valence electrons. The van der Waals surface area contributed by atoms with Crippen molar-refractivity contribution in [2.45, 2.75) is 38.2 Å². The van der Waals surface area contributed by atoms with Crippen molar-refractivity contribution in [2.24, 2.45) is 11.8 Å². The molecule has 3 rings (SSSR count). The third kappa shape index (κ3) is 1.16. The third-order valence-corrected chi connectivity index (χ3v) is 3.85. The van der Waals surface area contributed by atoms with Crippen LogP contribution in [0, 0.1) is 24.2 Å². The second-order valence-electron chi connectivity index (χ2n) is 4.65. The predicted molar refractivity (Wildman–Crippen MR) is 55.8 cm³/mol. The standard InChI is InChI=1S/C13H14O2/c1-2-8-6-7-9-12-10(14)4-3-5-11(12)15-13(8)9/h1,8-9,13H,3-7H2/t8-,9+,13?/m0/s1. The summed E-state index contributed by atoms with van der Waals surface area (Å²) in [6, 6.07) is 0. The quantitative estimate of drug-likeness (QED) is 0.562. The molecule has 0 amide bonds. The maximum Gasteiger partial charge on any atom is 0.162 e. The highest BCUT2D eigenvalue weighted by molar-refractivity contribution is 5.97. The van der Waals surface area contributed by atoms with Gasteiger partial charge in [0.15, 0.2) is 5.78 Å². The number of ether oxygens (including phenoxy) is 1. The number of ketones is 1. The van der Waals surface area contributed by atoms with Crippen LogP contribution in [-0.2, 0) is 9.53 Å². The molecule has 0 aromatic heterocycles. The zero-order valence-corrected chi connectivity index (χ0v) is 8.66. The molecule has 2 aliphatic carbocycles. The van der Waals surface area contributed by atoms with Gasteiger partial charge >= 0.3 is 0 Å². The van der Waals surface area contributed by atoms with Gasteiger partial charge < -0.3 is 4.74 Å². The van der Waals surface area contributed by atoms with Crippen molar-refractivity contribution in [1.29, 1.82) is 0 Å². The number of rotatable bonds is 0. The van der Waals surface area contributed by atoms with Crippen LogP contribution < -0.4 is 0 Å². The summed E-state index contributed by atoms with van der Waals surface area (Å²) in [5.41, 5.74) is 0.990. The van der Waals surface area contributed by atoms with E-state index in [2.05, 4.69) is 5.92 Å². The normalized spacial score (nSPS) is 38.3. The van der Waals surface area contributed by atoms with Gasteiger partial charge in [-0.25, -0.2) is 0 Å². The van der Waals surface area contributed by atoms with Gasteiger partial charge in [-0.15, -0.1) is 6.42 Å². The Labute approximate surface area is 89.7 Å². The van der Waals surface area contributed by atoms with Crippen molar-refractivity contribution in [1.82, 2.24) is 0 Å². The molecule has 2 nitrogen and oxygen atoms in total. The fraction of sp³-hybridized carbons (Fsp3) is 0.615. The van der Waals surface area contributed by atoms with Gasteiger partial charge in [0, 0.05) is 24.3 Å². The predicted octanol–water partition coefficient (Wildman–Crippen LogP) is 2.05. The summed E-state index contributed by atoms with van der Waals surface area (Å²) >= 11 is 0. The molecule has 1 heterocycles. The van der Waals surface area contributed by atoms with Crippen LogP contribution in [-0.4, -0.2) is 11.9 Å². The number of carbonyl (C=O) groups excluding carboxylic acids is 1. The smallest absolute Gasteiger partial charge is 0.162 e. The minimum atomic E-state index is 0.113. The summed E-state index contributed by atoms with van der Waals surface area (Å²) in [4.78, 5) is 11.8. The Morgan fingerprint density at radius 3 is 3.00 bits per heavy atom. The molecule has 15 heavy (non-hydrogen) atoms. The number of allylic oxidation sites excluding steroid dienone is 1. The second kappa shape index (κ2) is 3.13. The van der Waals surface area contributed by atoms with Crippen LogP contribution >= 0.6 is 0 Å². The van der Waals surface area contributed by atoms with Gasteiger partial charge in [0.05, 0.1) is 5.92 Å². The van der Waals surface area contributed by atoms with E-state index in [-0.39, 0.29) is 12.0 Å². The van der Waals surface area contributed by atoms with Crippen molar-refractivity contribution in [3.05, 3.63) is 11.3 Å². The zero-order valence-electron chi connectivity index (χ0n) is 8.66. The maximum atomic E-state index is 11.8. The first kappa shape index (κ1) is 9.03. The summed E-state index contributed by atoms with van der Waals surface area (Å²) in [7, 11) is 0. The third-order valence-electron chi connectivity index (χ3n) is 3.85. The van der Waals surface area contributed by atoms with E-state index in [1.54, 1.807) is 0 Å². The lowest BCUT2D eigenvalue weighted by molar-refractivity contribution is -0.116. The van der Waals surface area contributed by atoms with Crippen LogP contribution in [0.15, 0.2) is 11.3 Å². The molecule has 1 unspecified atom stereocenters. The van der Waals surface area contributed by atoms with E-state index in [0.29, 0.717) is 18.1 Å². The molecule has 0 aromatic carbocycles. The van der Waals surface area contributed by atoms with Crippen LogP contribution in [0.4, 0.5) is 0 Å². The van der Waals surface area contributed by atoms with Crippen molar-refractivity contribution < 1.29 is 9.53 Å². The summed E-state index contributed by atoms with van der Waals surface area (Å²) in [6.07, 6.45) is 10.2. The number of Topliss-reactive ketones (excluding diaryl/α,β-unsaturated/α-hetero) is 1. The van der Waals surface area contributed by atoms with Crippen molar-refractivity contribution in [2.75, 3.05) is 0 Å². The van der Waals surface area contributed by atoms with Gasteiger partial charge in [-0.2, -0.15) is 0 Å². The summed E-state index contributed by atoms with van der Waals surface area (Å²) in [5.74, 6) is 4.59. The van der Waals surface area contributed by atoms with Gasteiger partial charge in [0.2, 0.25) is 0 Å². The lowest BCUT2D eigenvalue weighted by Gasteiger charge is -2.15. The van der Waals surface area contributed by atoms with Crippen molar-refractivity contribution in [3.8, 4) is 12.3 Å². The number of carbonyl (C=O) groups is 1.